The van der Waals surface area contributed by atoms with Crippen LogP contribution in [0.25, 0.3) is 0 Å². The summed E-state index contributed by atoms with van der Waals surface area (Å²) in [7, 11) is 0. The van der Waals surface area contributed by atoms with E-state index in [-0.39, 0.29) is 11.6 Å². The Kier molecular flexibility index (Phi) is 4.23. The molecule has 0 N–H and O–H groups in total. The molecule has 0 bridgehead atoms. The molecule has 2 nitrogen and oxygen atoms in total. The van der Waals surface area contributed by atoms with Gasteiger partial charge in [-0.2, -0.15) is 0 Å². The van der Waals surface area contributed by atoms with E-state index < -0.39 is 0 Å². The van der Waals surface area contributed by atoms with Crippen molar-refractivity contribution >= 4 is 11.5 Å². The minimum atomic E-state index is -0.364. The van der Waals surface area contributed by atoms with Crippen LogP contribution in [0, 0.1) is 5.82 Å². The maximum absolute atomic E-state index is 13.7. The lowest BCUT2D eigenvalue weighted by molar-refractivity contribution is 0.101. The topological polar surface area (TPSA) is 20.3 Å². The predicted octanol–water partition coefficient (Wildman–Crippen LogP) is 3.04. The Balaban J connectivity index is 3.27. The van der Waals surface area contributed by atoms with Gasteiger partial charge in [-0.15, -0.1) is 6.58 Å². The van der Waals surface area contributed by atoms with Gasteiger partial charge in [-0.3, -0.25) is 4.79 Å². The second kappa shape index (κ2) is 5.45. The summed E-state index contributed by atoms with van der Waals surface area (Å²) in [5.74, 6) is -0.492. The van der Waals surface area contributed by atoms with Gasteiger partial charge in [0.2, 0.25) is 0 Å². The van der Waals surface area contributed by atoms with E-state index in [1.807, 2.05) is 6.92 Å². The van der Waals surface area contributed by atoms with E-state index in [0.29, 0.717) is 24.3 Å². The molecule has 0 saturated carbocycles. The van der Waals surface area contributed by atoms with Crippen LogP contribution in [-0.4, -0.2) is 18.9 Å². The van der Waals surface area contributed by atoms with Crippen LogP contribution in [0.4, 0.5) is 10.1 Å². The fourth-order valence-corrected chi connectivity index (χ4v) is 1.66. The van der Waals surface area contributed by atoms with Crippen molar-refractivity contribution in [3.8, 4) is 0 Å². The van der Waals surface area contributed by atoms with Crippen LogP contribution in [-0.2, 0) is 0 Å². The van der Waals surface area contributed by atoms with Crippen molar-refractivity contribution in [1.29, 1.82) is 0 Å². The van der Waals surface area contributed by atoms with Crippen LogP contribution in [0.3, 0.4) is 0 Å². The molecule has 0 aromatic heterocycles. The molecule has 0 heterocycles. The molecular weight excluding hydrogens is 205 g/mol. The number of anilines is 1. The Labute approximate surface area is 95.4 Å². The number of carbonyl (C=O) groups is 1. The van der Waals surface area contributed by atoms with Gasteiger partial charge in [0.15, 0.2) is 5.78 Å². The maximum atomic E-state index is 13.7. The molecule has 0 aliphatic carbocycles. The maximum Gasteiger partial charge on any atom is 0.161 e. The van der Waals surface area contributed by atoms with Crippen molar-refractivity contribution in [1.82, 2.24) is 0 Å². The summed E-state index contributed by atoms with van der Waals surface area (Å²) in [4.78, 5) is 13.2. The number of para-hydroxylation sites is 1. The molecule has 86 valence electrons. The van der Waals surface area contributed by atoms with Crippen LogP contribution in [0.15, 0.2) is 30.9 Å². The quantitative estimate of drug-likeness (QED) is 0.562. The molecular formula is C13H16FNO. The first-order valence-electron chi connectivity index (χ1n) is 5.27. The number of nitrogens with zero attached hydrogens (tertiary/aromatic N) is 1. The largest absolute Gasteiger partial charge is 0.365 e. The number of carbonyl (C=O) groups excluding carboxylic acids is 1. The number of hydrogen-bond donors (Lipinski definition) is 0. The normalized spacial score (nSPS) is 9.94. The van der Waals surface area contributed by atoms with Crippen LogP contribution < -0.4 is 4.90 Å². The molecule has 0 aliphatic heterocycles. The third-order valence-electron chi connectivity index (χ3n) is 2.41. The number of ketones is 1. The van der Waals surface area contributed by atoms with Crippen molar-refractivity contribution in [2.45, 2.75) is 13.8 Å². The summed E-state index contributed by atoms with van der Waals surface area (Å²) in [5.41, 5.74) is 0.793. The average Bonchev–Trinajstić information content (AvgIpc) is 2.26. The Bertz CT molecular complexity index is 401. The molecule has 1 aromatic rings. The first-order chi connectivity index (χ1) is 7.61. The van der Waals surface area contributed by atoms with Gasteiger partial charge in [0, 0.05) is 18.7 Å². The fraction of sp³-hybridized carbons (Fsp3) is 0.308. The first kappa shape index (κ1) is 12.4. The third-order valence-corrected chi connectivity index (χ3v) is 2.41. The highest BCUT2D eigenvalue weighted by Gasteiger charge is 2.16. The Morgan fingerprint density at radius 1 is 1.56 bits per heavy atom. The summed E-state index contributed by atoms with van der Waals surface area (Å²) in [5, 5.41) is 0. The highest BCUT2D eigenvalue weighted by molar-refractivity contribution is 5.99. The van der Waals surface area contributed by atoms with E-state index in [9.17, 15) is 9.18 Å². The lowest BCUT2D eigenvalue weighted by Crippen LogP contribution is -2.25. The zero-order chi connectivity index (χ0) is 12.1. The van der Waals surface area contributed by atoms with Gasteiger partial charge in [-0.05, 0) is 26.0 Å². The molecule has 0 spiro atoms. The summed E-state index contributed by atoms with van der Waals surface area (Å²) in [6, 6.07) is 4.57. The lowest BCUT2D eigenvalue weighted by atomic mass is 10.1. The van der Waals surface area contributed by atoms with Gasteiger partial charge in [0.1, 0.15) is 5.82 Å². The smallest absolute Gasteiger partial charge is 0.161 e. The van der Waals surface area contributed by atoms with Crippen molar-refractivity contribution in [2.24, 2.45) is 0 Å². The number of halogens is 1. The number of benzene rings is 1. The van der Waals surface area contributed by atoms with Crippen molar-refractivity contribution in [3.05, 3.63) is 42.2 Å². The van der Waals surface area contributed by atoms with Crippen LogP contribution in [0.2, 0.25) is 0 Å². The predicted molar refractivity (Wildman–Crippen MR) is 64.5 cm³/mol. The van der Waals surface area contributed by atoms with Gasteiger partial charge in [-0.25, -0.2) is 4.39 Å². The third kappa shape index (κ3) is 2.48. The second-order valence-corrected chi connectivity index (χ2v) is 3.52. The Morgan fingerprint density at radius 3 is 2.75 bits per heavy atom. The zero-order valence-electron chi connectivity index (χ0n) is 9.66. The van der Waals surface area contributed by atoms with Gasteiger partial charge >= 0.3 is 0 Å². The number of likely N-dealkylation sites (N-methyl/N-ethyl adjacent to an activating group) is 1. The number of Topliss-reactive ketones (excluding diaryl/α,β-unsaturated/α-hetero) is 1. The van der Waals surface area contributed by atoms with Gasteiger partial charge in [-0.1, -0.05) is 12.1 Å². The van der Waals surface area contributed by atoms with E-state index in [1.54, 1.807) is 23.1 Å². The number of rotatable bonds is 5. The zero-order valence-corrected chi connectivity index (χ0v) is 9.66. The van der Waals surface area contributed by atoms with Crippen molar-refractivity contribution < 1.29 is 9.18 Å². The van der Waals surface area contributed by atoms with E-state index in [0.717, 1.165) is 0 Å². The minimum absolute atomic E-state index is 0.128. The molecule has 3 heteroatoms. The van der Waals surface area contributed by atoms with Gasteiger partial charge in [0.05, 0.1) is 5.69 Å². The monoisotopic (exact) mass is 221 g/mol. The molecule has 0 radical (unpaired) electrons. The molecule has 0 atom stereocenters. The molecule has 1 aromatic carbocycles. The van der Waals surface area contributed by atoms with Crippen LogP contribution in [0.5, 0.6) is 0 Å². The Morgan fingerprint density at radius 2 is 2.25 bits per heavy atom. The summed E-state index contributed by atoms with van der Waals surface area (Å²) >= 11 is 0. The molecule has 0 fully saturated rings. The van der Waals surface area contributed by atoms with Gasteiger partial charge in [0.25, 0.3) is 0 Å². The Hall–Kier alpha value is -1.64. The molecule has 0 unspecified atom stereocenters. The standard InChI is InChI=1S/C13H16FNO/c1-4-9-15(5-2)13-11(10(3)16)7-6-8-12(13)14/h4,6-8H,1,5,9H2,2-3H3. The second-order valence-electron chi connectivity index (χ2n) is 3.52. The fourth-order valence-electron chi connectivity index (χ4n) is 1.66. The van der Waals surface area contributed by atoms with E-state index in [2.05, 4.69) is 6.58 Å². The molecule has 1 rings (SSSR count). The summed E-state index contributed by atoms with van der Waals surface area (Å²) in [6.45, 7) is 8.15. The highest BCUT2D eigenvalue weighted by atomic mass is 19.1. The minimum Gasteiger partial charge on any atom is -0.365 e. The molecule has 16 heavy (non-hydrogen) atoms. The lowest BCUT2D eigenvalue weighted by Gasteiger charge is -2.24. The van der Waals surface area contributed by atoms with Crippen LogP contribution >= 0.6 is 0 Å². The summed E-state index contributed by atoms with van der Waals surface area (Å²) < 4.78 is 13.7. The molecule has 0 aliphatic rings. The molecule has 0 saturated heterocycles. The SMILES string of the molecule is C=CCN(CC)c1c(F)cccc1C(C)=O. The van der Waals surface area contributed by atoms with Crippen molar-refractivity contribution in [3.63, 3.8) is 0 Å². The molecule has 0 amide bonds. The van der Waals surface area contributed by atoms with Crippen LogP contribution in [0.1, 0.15) is 24.2 Å². The summed E-state index contributed by atoms with van der Waals surface area (Å²) in [6.07, 6.45) is 1.69. The average molecular weight is 221 g/mol. The van der Waals surface area contributed by atoms with Crippen molar-refractivity contribution in [2.75, 3.05) is 18.0 Å². The van der Waals surface area contributed by atoms with Gasteiger partial charge < -0.3 is 4.90 Å². The first-order valence-corrected chi connectivity index (χ1v) is 5.27. The van der Waals surface area contributed by atoms with E-state index >= 15 is 0 Å². The van der Waals surface area contributed by atoms with E-state index in [1.165, 1.54) is 13.0 Å². The number of hydrogen-bond acceptors (Lipinski definition) is 2. The highest BCUT2D eigenvalue weighted by Crippen LogP contribution is 2.24. The van der Waals surface area contributed by atoms with E-state index in [4.69, 9.17) is 0 Å².